The van der Waals surface area contributed by atoms with E-state index in [4.69, 9.17) is 23.4 Å². The molecule has 2 saturated heterocycles. The summed E-state index contributed by atoms with van der Waals surface area (Å²) in [5.74, 6) is -1.93. The third kappa shape index (κ3) is 3.40. The number of ether oxygens (including phenoxy) is 4. The van der Waals surface area contributed by atoms with E-state index in [2.05, 4.69) is 6.58 Å². The maximum atomic E-state index is 13.2. The standard InChI is InChI=1S/C29H38O9/c1-15-18-8-10-27(5)24(17-9-11-35-14-17)37-21(32)13-29(15,27)38-25-22(36-16(2)30)23(33)26(3,4)19(28(18,25)6)12-20(31)34-7/h9,11,14,18-19,22-25,33H,1,8,10,12-13H2,2-7H3. The van der Waals surface area contributed by atoms with Gasteiger partial charge in [0.25, 0.3) is 0 Å². The van der Waals surface area contributed by atoms with E-state index in [-0.39, 0.29) is 18.8 Å². The van der Waals surface area contributed by atoms with Crippen molar-refractivity contribution >= 4 is 17.9 Å². The molecular weight excluding hydrogens is 492 g/mol. The zero-order chi connectivity index (χ0) is 27.8. The zero-order valence-electron chi connectivity index (χ0n) is 22.9. The molecule has 3 heterocycles. The van der Waals surface area contributed by atoms with Crippen molar-refractivity contribution < 1.29 is 42.9 Å². The molecule has 208 valence electrons. The highest BCUT2D eigenvalue weighted by molar-refractivity contribution is 5.74. The van der Waals surface area contributed by atoms with Crippen LogP contribution >= 0.6 is 0 Å². The number of methoxy groups -OCH3 is 1. The van der Waals surface area contributed by atoms with Gasteiger partial charge in [-0.2, -0.15) is 0 Å². The smallest absolute Gasteiger partial charge is 0.309 e. The molecule has 1 N–H and O–H groups in total. The molecule has 4 aliphatic rings. The van der Waals surface area contributed by atoms with Crippen molar-refractivity contribution in [2.75, 3.05) is 7.11 Å². The van der Waals surface area contributed by atoms with E-state index in [1.54, 1.807) is 18.6 Å². The molecule has 2 bridgehead atoms. The fourth-order valence-corrected chi connectivity index (χ4v) is 8.48. The summed E-state index contributed by atoms with van der Waals surface area (Å²) in [5, 5.41) is 11.7. The lowest BCUT2D eigenvalue weighted by Crippen LogP contribution is -2.76. The number of hydrogen-bond acceptors (Lipinski definition) is 9. The van der Waals surface area contributed by atoms with Crippen molar-refractivity contribution in [1.82, 2.24) is 0 Å². The Bertz CT molecular complexity index is 1150. The highest BCUT2D eigenvalue weighted by Crippen LogP contribution is 2.72. The van der Waals surface area contributed by atoms with Crippen LogP contribution in [0, 0.1) is 28.1 Å². The Labute approximate surface area is 222 Å². The Kier molecular flexibility index (Phi) is 6.15. The van der Waals surface area contributed by atoms with E-state index >= 15 is 0 Å². The molecule has 9 atom stereocenters. The summed E-state index contributed by atoms with van der Waals surface area (Å²) < 4.78 is 29.2. The highest BCUT2D eigenvalue weighted by atomic mass is 16.6. The van der Waals surface area contributed by atoms with Gasteiger partial charge in [-0.15, -0.1) is 0 Å². The fraction of sp³-hybridized carbons (Fsp3) is 0.690. The van der Waals surface area contributed by atoms with Gasteiger partial charge in [0.2, 0.25) is 0 Å². The number of fused-ring (bicyclic) bond motifs is 3. The lowest BCUT2D eigenvalue weighted by Gasteiger charge is -2.71. The van der Waals surface area contributed by atoms with Crippen molar-refractivity contribution in [3.05, 3.63) is 36.3 Å². The third-order valence-corrected chi connectivity index (χ3v) is 10.5. The number of carbonyl (C=O) groups is 3. The van der Waals surface area contributed by atoms with Gasteiger partial charge in [-0.1, -0.05) is 34.3 Å². The first kappa shape index (κ1) is 26.9. The van der Waals surface area contributed by atoms with E-state index in [1.165, 1.54) is 14.0 Å². The third-order valence-electron chi connectivity index (χ3n) is 10.5. The van der Waals surface area contributed by atoms with Gasteiger partial charge in [0.15, 0.2) is 6.10 Å². The molecule has 2 aliphatic heterocycles. The number of cyclic esters (lactones) is 1. The first-order valence-corrected chi connectivity index (χ1v) is 13.2. The summed E-state index contributed by atoms with van der Waals surface area (Å²) in [5.41, 5.74) is -1.91. The number of rotatable bonds is 4. The summed E-state index contributed by atoms with van der Waals surface area (Å²) in [6.45, 7) is 13.7. The average molecular weight is 531 g/mol. The van der Waals surface area contributed by atoms with Crippen LogP contribution in [0.25, 0.3) is 0 Å². The quantitative estimate of drug-likeness (QED) is 0.351. The maximum Gasteiger partial charge on any atom is 0.309 e. The molecule has 2 aliphatic carbocycles. The fourth-order valence-electron chi connectivity index (χ4n) is 8.48. The van der Waals surface area contributed by atoms with Gasteiger partial charge in [-0.3, -0.25) is 14.4 Å². The van der Waals surface area contributed by atoms with Gasteiger partial charge in [0.05, 0.1) is 32.2 Å². The number of carbonyl (C=O) groups excluding carboxylic acids is 3. The molecule has 9 unspecified atom stereocenters. The van der Waals surface area contributed by atoms with Gasteiger partial charge < -0.3 is 28.5 Å². The van der Waals surface area contributed by atoms with Crippen molar-refractivity contribution in [3.63, 3.8) is 0 Å². The normalized spacial score (nSPS) is 43.3. The molecule has 9 heteroatoms. The minimum atomic E-state index is -1.13. The maximum absolute atomic E-state index is 13.2. The van der Waals surface area contributed by atoms with Crippen LogP contribution in [0.3, 0.4) is 0 Å². The van der Waals surface area contributed by atoms with Crippen molar-refractivity contribution in [2.24, 2.45) is 28.1 Å². The van der Waals surface area contributed by atoms with Gasteiger partial charge in [0, 0.05) is 29.7 Å². The van der Waals surface area contributed by atoms with E-state index in [1.807, 2.05) is 27.7 Å². The van der Waals surface area contributed by atoms with Gasteiger partial charge in [-0.05, 0) is 41.7 Å². The summed E-state index contributed by atoms with van der Waals surface area (Å²) in [6, 6.07) is 1.78. The van der Waals surface area contributed by atoms with E-state index in [0.29, 0.717) is 12.8 Å². The Morgan fingerprint density at radius 2 is 1.95 bits per heavy atom. The molecule has 2 saturated carbocycles. The van der Waals surface area contributed by atoms with Crippen LogP contribution < -0.4 is 0 Å². The average Bonchev–Trinajstić information content (AvgIpc) is 3.38. The molecule has 9 nitrogen and oxygen atoms in total. The number of aliphatic hydroxyl groups is 1. The van der Waals surface area contributed by atoms with Crippen LogP contribution in [0.1, 0.15) is 72.0 Å². The molecular formula is C29H38O9. The topological polar surface area (TPSA) is 122 Å². The van der Waals surface area contributed by atoms with Crippen LogP contribution in [-0.2, 0) is 33.3 Å². The molecule has 0 radical (unpaired) electrons. The molecule has 1 aromatic heterocycles. The summed E-state index contributed by atoms with van der Waals surface area (Å²) >= 11 is 0. The minimum absolute atomic E-state index is 0.0479. The van der Waals surface area contributed by atoms with Crippen molar-refractivity contribution in [3.8, 4) is 0 Å². The number of aliphatic hydroxyl groups excluding tert-OH is 1. The second-order valence-electron chi connectivity index (χ2n) is 12.5. The molecule has 5 rings (SSSR count). The predicted octanol–water partition coefficient (Wildman–Crippen LogP) is 3.90. The van der Waals surface area contributed by atoms with Gasteiger partial charge in [-0.25, -0.2) is 0 Å². The van der Waals surface area contributed by atoms with Crippen LogP contribution in [0.5, 0.6) is 0 Å². The Balaban J connectivity index is 1.69. The van der Waals surface area contributed by atoms with Crippen molar-refractivity contribution in [1.29, 1.82) is 0 Å². The summed E-state index contributed by atoms with van der Waals surface area (Å²) in [4.78, 5) is 38.1. The second kappa shape index (κ2) is 8.68. The van der Waals surface area contributed by atoms with Gasteiger partial charge in [0.1, 0.15) is 17.8 Å². The Hall–Kier alpha value is -2.65. The molecule has 0 aromatic carbocycles. The molecule has 1 aromatic rings. The first-order valence-electron chi connectivity index (χ1n) is 13.2. The lowest BCUT2D eigenvalue weighted by atomic mass is 9.41. The summed E-state index contributed by atoms with van der Waals surface area (Å²) in [6.07, 6.45) is 0.888. The molecule has 1 spiro atoms. The van der Waals surface area contributed by atoms with Crippen LogP contribution in [-0.4, -0.2) is 54.0 Å². The van der Waals surface area contributed by atoms with E-state index in [9.17, 15) is 19.5 Å². The van der Waals surface area contributed by atoms with Crippen LogP contribution in [0.4, 0.5) is 0 Å². The zero-order valence-corrected chi connectivity index (χ0v) is 22.9. The largest absolute Gasteiger partial charge is 0.472 e. The van der Waals surface area contributed by atoms with Crippen LogP contribution in [0.2, 0.25) is 0 Å². The van der Waals surface area contributed by atoms with Crippen LogP contribution in [0.15, 0.2) is 35.2 Å². The number of esters is 3. The van der Waals surface area contributed by atoms with E-state index < -0.39 is 70.1 Å². The predicted molar refractivity (Wildman–Crippen MR) is 133 cm³/mol. The summed E-state index contributed by atoms with van der Waals surface area (Å²) in [7, 11) is 1.34. The first-order chi connectivity index (χ1) is 17.7. The molecule has 38 heavy (non-hydrogen) atoms. The lowest BCUT2D eigenvalue weighted by molar-refractivity contribution is -0.339. The van der Waals surface area contributed by atoms with Gasteiger partial charge >= 0.3 is 17.9 Å². The van der Waals surface area contributed by atoms with E-state index in [0.717, 1.165) is 11.1 Å². The Morgan fingerprint density at radius 3 is 2.55 bits per heavy atom. The SMILES string of the molecule is C=C1C2CCC3(C)C(c4ccoc4)OC(=O)CC13OC1C(OC(C)=O)C(O)C(C)(C)C(CC(=O)OC)C21C. The highest BCUT2D eigenvalue weighted by Gasteiger charge is 2.75. The molecule has 0 amide bonds. The number of furan rings is 1. The monoisotopic (exact) mass is 530 g/mol. The van der Waals surface area contributed by atoms with Crippen molar-refractivity contribution in [2.45, 2.75) is 90.3 Å². The Morgan fingerprint density at radius 1 is 1.24 bits per heavy atom. The molecule has 4 fully saturated rings. The second-order valence-corrected chi connectivity index (χ2v) is 12.5. The minimum Gasteiger partial charge on any atom is -0.472 e. The number of hydrogen-bond donors (Lipinski definition) is 1.